The summed E-state index contributed by atoms with van der Waals surface area (Å²) in [7, 11) is 0. The van der Waals surface area contributed by atoms with Gasteiger partial charge in [0.05, 0.1) is 22.9 Å². The SMILES string of the molecule is O=c1[nH]c(O)c(/C=c2/cnn3c(=NC4CC4)cc(Nc4ccc(F)cc4Cl)nc23)[nH]1. The molecule has 0 bridgehead atoms. The standard InChI is InChI=1S/C19H15ClFN7O2/c20-12-6-10(21)1-4-13(12)24-15-7-16(23-11-2-3-11)28-17(26-15)9(8-22-28)5-14-18(29)27-19(30)25-14/h1,4-8,11,24,29H,2-3H2,(H2,25,27,30)/b9-5-,23-16?. The number of hydrogen-bond donors (Lipinski definition) is 4. The number of halogens is 2. The quantitative estimate of drug-likeness (QED) is 0.394. The first-order valence-corrected chi connectivity index (χ1v) is 9.52. The van der Waals surface area contributed by atoms with Crippen LogP contribution in [0.25, 0.3) is 11.7 Å². The molecule has 11 heteroatoms. The van der Waals surface area contributed by atoms with Crippen LogP contribution >= 0.6 is 11.6 Å². The number of anilines is 2. The fourth-order valence-corrected chi connectivity index (χ4v) is 3.20. The van der Waals surface area contributed by atoms with Crippen LogP contribution in [0.3, 0.4) is 0 Å². The molecule has 4 aromatic rings. The molecular formula is C19H15ClFN7O2. The van der Waals surface area contributed by atoms with Crippen LogP contribution in [0.4, 0.5) is 15.9 Å². The predicted octanol–water partition coefficient (Wildman–Crippen LogP) is 1.60. The second-order valence-electron chi connectivity index (χ2n) is 6.93. The first-order valence-electron chi connectivity index (χ1n) is 9.14. The highest BCUT2D eigenvalue weighted by Crippen LogP contribution is 2.25. The largest absolute Gasteiger partial charge is 0.493 e. The second kappa shape index (κ2) is 6.99. The Labute approximate surface area is 172 Å². The highest BCUT2D eigenvalue weighted by atomic mass is 35.5. The van der Waals surface area contributed by atoms with Gasteiger partial charge in [0, 0.05) is 11.3 Å². The third kappa shape index (κ3) is 3.52. The maximum Gasteiger partial charge on any atom is 0.326 e. The smallest absolute Gasteiger partial charge is 0.326 e. The van der Waals surface area contributed by atoms with Gasteiger partial charge in [-0.2, -0.15) is 9.61 Å². The van der Waals surface area contributed by atoms with E-state index in [-0.39, 0.29) is 22.6 Å². The summed E-state index contributed by atoms with van der Waals surface area (Å²) in [6, 6.07) is 6.00. The molecule has 0 amide bonds. The maximum atomic E-state index is 13.4. The molecule has 5 rings (SSSR count). The normalized spacial score (nSPS) is 15.3. The van der Waals surface area contributed by atoms with Gasteiger partial charge in [-0.1, -0.05) is 11.6 Å². The van der Waals surface area contributed by atoms with Crippen molar-refractivity contribution in [2.45, 2.75) is 18.9 Å². The molecule has 0 spiro atoms. The van der Waals surface area contributed by atoms with E-state index in [1.54, 1.807) is 22.9 Å². The van der Waals surface area contributed by atoms with Crippen LogP contribution in [-0.4, -0.2) is 35.7 Å². The molecule has 152 valence electrons. The zero-order valence-corrected chi connectivity index (χ0v) is 16.1. The molecule has 1 aliphatic rings. The Balaban J connectivity index is 1.68. The molecule has 1 aliphatic carbocycles. The third-order valence-electron chi connectivity index (χ3n) is 4.57. The number of H-pyrrole nitrogens is 2. The van der Waals surface area contributed by atoms with Crippen LogP contribution in [0.1, 0.15) is 18.5 Å². The van der Waals surface area contributed by atoms with E-state index in [2.05, 4.69) is 30.4 Å². The number of aromatic amines is 2. The Hall–Kier alpha value is -3.66. The lowest BCUT2D eigenvalue weighted by atomic mass is 10.3. The van der Waals surface area contributed by atoms with E-state index in [9.17, 15) is 14.3 Å². The molecule has 3 aromatic heterocycles. The van der Waals surface area contributed by atoms with Gasteiger partial charge in [0.15, 0.2) is 11.1 Å². The zero-order chi connectivity index (χ0) is 20.8. The van der Waals surface area contributed by atoms with Gasteiger partial charge in [0.2, 0.25) is 5.88 Å². The number of benzene rings is 1. The van der Waals surface area contributed by atoms with Gasteiger partial charge in [-0.15, -0.1) is 0 Å². The summed E-state index contributed by atoms with van der Waals surface area (Å²) in [5, 5.41) is 18.1. The molecule has 1 fully saturated rings. The molecule has 30 heavy (non-hydrogen) atoms. The number of rotatable bonds is 4. The summed E-state index contributed by atoms with van der Waals surface area (Å²) in [4.78, 5) is 25.4. The molecule has 0 saturated heterocycles. The van der Waals surface area contributed by atoms with Crippen molar-refractivity contribution in [3.05, 3.63) is 68.2 Å². The van der Waals surface area contributed by atoms with E-state index in [0.29, 0.717) is 27.9 Å². The van der Waals surface area contributed by atoms with Crippen molar-refractivity contribution in [3.8, 4) is 5.88 Å². The Morgan fingerprint density at radius 3 is 2.87 bits per heavy atom. The Kier molecular flexibility index (Phi) is 4.28. The van der Waals surface area contributed by atoms with Crippen LogP contribution in [-0.2, 0) is 0 Å². The molecule has 0 unspecified atom stereocenters. The van der Waals surface area contributed by atoms with Crippen LogP contribution in [0.5, 0.6) is 5.88 Å². The lowest BCUT2D eigenvalue weighted by molar-refractivity contribution is 0.454. The van der Waals surface area contributed by atoms with Crippen molar-refractivity contribution in [1.29, 1.82) is 0 Å². The minimum atomic E-state index is -0.527. The number of aromatic hydroxyl groups is 1. The van der Waals surface area contributed by atoms with E-state index in [1.165, 1.54) is 18.2 Å². The van der Waals surface area contributed by atoms with E-state index < -0.39 is 11.5 Å². The summed E-state index contributed by atoms with van der Waals surface area (Å²) < 4.78 is 14.9. The first-order chi connectivity index (χ1) is 14.5. The lowest BCUT2D eigenvalue weighted by Gasteiger charge is -2.08. The molecule has 0 aliphatic heterocycles. The fourth-order valence-electron chi connectivity index (χ4n) is 2.99. The molecule has 1 saturated carbocycles. The van der Waals surface area contributed by atoms with E-state index in [4.69, 9.17) is 11.6 Å². The summed E-state index contributed by atoms with van der Waals surface area (Å²) in [6.45, 7) is 0. The molecule has 0 atom stereocenters. The molecule has 1 aromatic carbocycles. The van der Waals surface area contributed by atoms with Gasteiger partial charge in [0.25, 0.3) is 0 Å². The highest BCUT2D eigenvalue weighted by molar-refractivity contribution is 6.33. The fraction of sp³-hybridized carbons (Fsp3) is 0.158. The van der Waals surface area contributed by atoms with Crippen molar-refractivity contribution >= 4 is 34.8 Å². The van der Waals surface area contributed by atoms with Crippen molar-refractivity contribution in [2.75, 3.05) is 5.32 Å². The van der Waals surface area contributed by atoms with E-state index >= 15 is 0 Å². The van der Waals surface area contributed by atoms with Gasteiger partial charge in [-0.05, 0) is 37.1 Å². The van der Waals surface area contributed by atoms with Crippen LogP contribution in [0.2, 0.25) is 5.02 Å². The maximum absolute atomic E-state index is 13.4. The number of imidazole rings is 1. The number of nitrogens with zero attached hydrogens (tertiary/aromatic N) is 4. The summed E-state index contributed by atoms with van der Waals surface area (Å²) in [6.07, 6.45) is 5.13. The Bertz CT molecular complexity index is 1450. The average molecular weight is 428 g/mol. The third-order valence-corrected chi connectivity index (χ3v) is 4.88. The lowest BCUT2D eigenvalue weighted by Crippen LogP contribution is -2.19. The number of hydrogen-bond acceptors (Lipinski definition) is 6. The number of aromatic nitrogens is 5. The van der Waals surface area contributed by atoms with Crippen LogP contribution in [0, 0.1) is 5.82 Å². The van der Waals surface area contributed by atoms with Gasteiger partial charge >= 0.3 is 5.69 Å². The summed E-state index contributed by atoms with van der Waals surface area (Å²) in [5.74, 6) is -0.279. The highest BCUT2D eigenvalue weighted by Gasteiger charge is 2.20. The van der Waals surface area contributed by atoms with Gasteiger partial charge in [-0.25, -0.2) is 14.2 Å². The summed E-state index contributed by atoms with van der Waals surface area (Å²) >= 11 is 6.13. The molecular weight excluding hydrogens is 413 g/mol. The zero-order valence-electron chi connectivity index (χ0n) is 15.4. The van der Waals surface area contributed by atoms with Crippen molar-refractivity contribution in [2.24, 2.45) is 4.99 Å². The summed E-state index contributed by atoms with van der Waals surface area (Å²) in [5.41, 5.74) is 1.22. The van der Waals surface area contributed by atoms with Gasteiger partial charge in [-0.3, -0.25) is 9.98 Å². The van der Waals surface area contributed by atoms with Crippen LogP contribution < -0.4 is 21.7 Å². The van der Waals surface area contributed by atoms with Gasteiger partial charge in [0.1, 0.15) is 17.3 Å². The minimum Gasteiger partial charge on any atom is -0.493 e. The number of fused-ring (bicyclic) bond motifs is 1. The van der Waals surface area contributed by atoms with Gasteiger partial charge < -0.3 is 15.4 Å². The molecule has 4 N–H and O–H groups in total. The van der Waals surface area contributed by atoms with Crippen molar-refractivity contribution < 1.29 is 9.50 Å². The van der Waals surface area contributed by atoms with E-state index in [0.717, 1.165) is 12.8 Å². The molecule has 3 heterocycles. The topological polar surface area (TPSA) is 123 Å². The molecule has 0 radical (unpaired) electrons. The number of nitrogens with one attached hydrogen (secondary N) is 3. The monoisotopic (exact) mass is 427 g/mol. The molecule has 9 nitrogen and oxygen atoms in total. The predicted molar refractivity (Wildman–Crippen MR) is 108 cm³/mol. The van der Waals surface area contributed by atoms with Crippen molar-refractivity contribution in [3.63, 3.8) is 0 Å². The van der Waals surface area contributed by atoms with Crippen LogP contribution in [0.15, 0.2) is 40.2 Å². The second-order valence-corrected chi connectivity index (χ2v) is 7.34. The minimum absolute atomic E-state index is 0.206. The van der Waals surface area contributed by atoms with E-state index in [1.807, 2.05) is 0 Å². The average Bonchev–Trinajstić information content (AvgIpc) is 3.33. The Morgan fingerprint density at radius 2 is 2.17 bits per heavy atom. The Morgan fingerprint density at radius 1 is 1.33 bits per heavy atom. The first kappa shape index (κ1) is 18.4. The van der Waals surface area contributed by atoms with Crippen molar-refractivity contribution in [1.82, 2.24) is 24.6 Å².